The van der Waals surface area contributed by atoms with E-state index in [-0.39, 0.29) is 10.8 Å². The van der Waals surface area contributed by atoms with E-state index in [1.807, 2.05) is 13.8 Å². The van der Waals surface area contributed by atoms with E-state index in [2.05, 4.69) is 65.0 Å². The SMILES string of the molecule is CC.CC(C)c1noc(C(C)(C)[CH-]C(C)(C)C)n1.[Rf].[Rf]. The molecule has 0 N–H and O–H groups in total. The first-order valence-corrected chi connectivity index (χ1v) is 6.83. The molecule has 110 valence electrons. The standard InChI is InChI=1S/C13H23N2O.C2H6.2Rf/c1-9(2)10-14-11(16-15-10)13(6,7)8-12(3,4)5;1-2;;/h8-9H,1-7H3;1-2H3;;/q-1;;;. The van der Waals surface area contributed by atoms with Crippen LogP contribution in [-0.4, -0.2) is 10.1 Å². The van der Waals surface area contributed by atoms with Gasteiger partial charge in [0.2, 0.25) is 5.89 Å². The maximum Gasteiger partial charge on any atom is 0.202 e. The van der Waals surface area contributed by atoms with Crippen LogP contribution < -0.4 is 0 Å². The zero-order valence-electron chi connectivity index (χ0n) is 14.9. The molecule has 0 unspecified atom stereocenters. The molecular weight excluding hydrogens is 758 g/mol. The molecule has 0 saturated heterocycles. The summed E-state index contributed by atoms with van der Waals surface area (Å²) in [6.07, 6.45) is 2.25. The normalized spacial score (nSPS) is 11.1. The number of rotatable bonds is 3. The molecule has 20 heavy (non-hydrogen) atoms. The Kier molecular flexibility index (Phi) is 8.43. The van der Waals surface area contributed by atoms with Crippen LogP contribution in [0.2, 0.25) is 0 Å². The minimum atomic E-state index is -0.182. The molecule has 0 aliphatic carbocycles. The van der Waals surface area contributed by atoms with Crippen molar-refractivity contribution in [2.45, 2.75) is 73.6 Å². The molecule has 1 aromatic heterocycles. The Labute approximate surface area is 112 Å². The van der Waals surface area contributed by atoms with E-state index in [0.29, 0.717) is 11.8 Å². The van der Waals surface area contributed by atoms with Crippen molar-refractivity contribution in [1.29, 1.82) is 0 Å². The summed E-state index contributed by atoms with van der Waals surface area (Å²) in [5.41, 5.74) is -0.0473. The van der Waals surface area contributed by atoms with Crippen molar-refractivity contribution in [3.8, 4) is 0 Å². The Morgan fingerprint density at radius 2 is 1.45 bits per heavy atom. The van der Waals surface area contributed by atoms with Gasteiger partial charge in [0.15, 0.2) is 5.82 Å². The second kappa shape index (κ2) is 7.55. The first-order valence-electron chi connectivity index (χ1n) is 6.83. The Morgan fingerprint density at radius 1 is 1.00 bits per heavy atom. The number of nitrogens with zero attached hydrogens (tertiary/aromatic N) is 2. The topological polar surface area (TPSA) is 38.9 Å². The average molecular weight is 787 g/mol. The second-order valence-corrected chi connectivity index (χ2v) is 6.34. The van der Waals surface area contributed by atoms with E-state index < -0.39 is 0 Å². The van der Waals surface area contributed by atoms with Crippen LogP contribution in [-0.2, 0) is 5.41 Å². The molecule has 1 rings (SSSR count). The summed E-state index contributed by atoms with van der Waals surface area (Å²) in [6.45, 7) is 18.9. The van der Waals surface area contributed by atoms with Gasteiger partial charge in [-0.15, -0.1) is 0 Å². The maximum absolute atomic E-state index is 5.34. The van der Waals surface area contributed by atoms with Gasteiger partial charge < -0.3 is 10.9 Å². The first kappa shape index (κ1) is 22.3. The Balaban J connectivity index is -0.000000689. The minimum Gasteiger partial charge on any atom is -0.342 e. The van der Waals surface area contributed by atoms with Crippen molar-refractivity contribution >= 4 is 0 Å². The van der Waals surface area contributed by atoms with Crippen molar-refractivity contribution in [2.75, 3.05) is 0 Å². The van der Waals surface area contributed by atoms with Crippen molar-refractivity contribution in [1.82, 2.24) is 10.1 Å². The summed E-state index contributed by atoms with van der Waals surface area (Å²) in [5, 5.41) is 4.01. The summed E-state index contributed by atoms with van der Waals surface area (Å²) >= 11 is 0. The van der Waals surface area contributed by atoms with Crippen LogP contribution in [0.25, 0.3) is 0 Å². The minimum absolute atomic E-state index is 0. The molecule has 0 bridgehead atoms. The first-order chi connectivity index (χ1) is 8.12. The molecule has 0 aliphatic heterocycles. The van der Waals surface area contributed by atoms with Gasteiger partial charge in [0.25, 0.3) is 0 Å². The Bertz CT molecular complexity index is 355. The fourth-order valence-corrected chi connectivity index (χ4v) is 1.88. The van der Waals surface area contributed by atoms with Crippen molar-refractivity contribution in [3.05, 3.63) is 18.1 Å². The molecule has 0 aliphatic rings. The average Bonchev–Trinajstić information content (AvgIpc) is 2.66. The monoisotopic (exact) mass is 787 g/mol. The van der Waals surface area contributed by atoms with E-state index >= 15 is 0 Å². The van der Waals surface area contributed by atoms with Gasteiger partial charge in [-0.1, -0.05) is 72.9 Å². The summed E-state index contributed by atoms with van der Waals surface area (Å²) in [5.74, 6) is 1.79. The van der Waals surface area contributed by atoms with Crippen LogP contribution >= 0.6 is 0 Å². The Morgan fingerprint density at radius 3 is 1.75 bits per heavy atom. The number of aromatic nitrogens is 2. The van der Waals surface area contributed by atoms with Crippen molar-refractivity contribution < 1.29 is 4.52 Å². The van der Waals surface area contributed by atoms with Crippen LogP contribution in [0.5, 0.6) is 0 Å². The van der Waals surface area contributed by atoms with E-state index in [4.69, 9.17) is 4.52 Å². The number of hydrogen-bond acceptors (Lipinski definition) is 3. The molecule has 0 atom stereocenters. The largest absolute Gasteiger partial charge is 0.342 e. The zero-order valence-corrected chi connectivity index (χ0v) is 27.7. The summed E-state index contributed by atoms with van der Waals surface area (Å²) in [6, 6.07) is 0. The summed E-state index contributed by atoms with van der Waals surface area (Å²) < 4.78 is 5.34. The van der Waals surface area contributed by atoms with Gasteiger partial charge in [-0.3, -0.25) is 0 Å². The molecule has 0 amide bonds. The quantitative estimate of drug-likeness (QED) is 0.416. The van der Waals surface area contributed by atoms with Gasteiger partial charge in [0, 0.05) is 5.92 Å². The third-order valence-electron chi connectivity index (χ3n) is 2.30. The third-order valence-corrected chi connectivity index (χ3v) is 2.30. The van der Waals surface area contributed by atoms with Gasteiger partial charge in [-0.2, -0.15) is 10.4 Å². The van der Waals surface area contributed by atoms with Crippen LogP contribution in [0.15, 0.2) is 4.52 Å². The van der Waals surface area contributed by atoms with Crippen LogP contribution in [0, 0.1) is 11.8 Å². The van der Waals surface area contributed by atoms with Gasteiger partial charge in [-0.05, 0) is 0 Å². The van der Waals surface area contributed by atoms with E-state index in [1.165, 1.54) is 0 Å². The molecular formula is C15H29N2ORf2-. The Hall–Kier alpha value is -2.86. The predicted octanol–water partition coefficient (Wildman–Crippen LogP) is 4.75. The fourth-order valence-electron chi connectivity index (χ4n) is 1.88. The van der Waals surface area contributed by atoms with Crippen LogP contribution in [0.3, 0.4) is 0 Å². The number of hydrogen-bond donors (Lipinski definition) is 0. The predicted molar refractivity (Wildman–Crippen MR) is 76.5 cm³/mol. The van der Waals surface area contributed by atoms with E-state index in [9.17, 15) is 0 Å². The van der Waals surface area contributed by atoms with E-state index in [1.54, 1.807) is 0 Å². The van der Waals surface area contributed by atoms with Crippen LogP contribution in [0.1, 0.15) is 79.9 Å². The molecule has 1 aromatic rings. The molecule has 5 heteroatoms. The van der Waals surface area contributed by atoms with Gasteiger partial charge in [0.1, 0.15) is 0 Å². The second-order valence-electron chi connectivity index (χ2n) is 6.34. The van der Waals surface area contributed by atoms with Gasteiger partial charge in [-0.25, -0.2) is 0 Å². The fraction of sp³-hybridized carbons (Fsp3) is 0.800. The third kappa shape index (κ3) is 6.18. The van der Waals surface area contributed by atoms with Gasteiger partial charge >= 0.3 is 0 Å². The summed E-state index contributed by atoms with van der Waals surface area (Å²) in [4.78, 5) is 4.46. The molecule has 0 spiro atoms. The van der Waals surface area contributed by atoms with Crippen LogP contribution in [0.4, 0.5) is 0 Å². The van der Waals surface area contributed by atoms with Crippen molar-refractivity contribution in [3.63, 3.8) is 0 Å². The van der Waals surface area contributed by atoms with E-state index in [0.717, 1.165) is 5.82 Å². The maximum atomic E-state index is 5.34. The summed E-state index contributed by atoms with van der Waals surface area (Å²) in [7, 11) is 0. The molecule has 0 radical (unpaired) electrons. The molecule has 0 fully saturated rings. The van der Waals surface area contributed by atoms with Gasteiger partial charge in [0.05, 0.1) is 0 Å². The molecule has 3 nitrogen and oxygen atoms in total. The molecule has 1 heterocycles. The zero-order chi connectivity index (χ0) is 14.6. The molecule has 0 aromatic carbocycles. The molecule has 0 saturated carbocycles. The smallest absolute Gasteiger partial charge is 0.202 e. The van der Waals surface area contributed by atoms with Crippen molar-refractivity contribution in [2.24, 2.45) is 5.41 Å².